The molecule has 0 aliphatic rings. The first-order valence-corrected chi connectivity index (χ1v) is 10.1. The Morgan fingerprint density at radius 2 is 2.00 bits per heavy atom. The van der Waals surface area contributed by atoms with E-state index in [1.165, 1.54) is 6.07 Å². The summed E-state index contributed by atoms with van der Waals surface area (Å²) in [6.45, 7) is 6.15. The number of aromatic amines is 1. The van der Waals surface area contributed by atoms with Crippen LogP contribution in [0.2, 0.25) is 0 Å². The molecule has 30 heavy (non-hydrogen) atoms. The van der Waals surface area contributed by atoms with Crippen LogP contribution >= 0.6 is 15.9 Å². The van der Waals surface area contributed by atoms with Gasteiger partial charge in [0.25, 0.3) is 0 Å². The summed E-state index contributed by atoms with van der Waals surface area (Å²) in [4.78, 5) is 12.1. The zero-order valence-corrected chi connectivity index (χ0v) is 18.6. The van der Waals surface area contributed by atoms with Gasteiger partial charge in [-0.15, -0.1) is 5.10 Å². The minimum Gasteiger partial charge on any atom is -0.481 e. The summed E-state index contributed by atoms with van der Waals surface area (Å²) in [7, 11) is 1.56. The van der Waals surface area contributed by atoms with E-state index in [1.54, 1.807) is 30.1 Å². The molecule has 0 radical (unpaired) electrons. The number of benzene rings is 1. The first-order valence-electron chi connectivity index (χ1n) is 9.32. The molecule has 0 fully saturated rings. The molecular weight excluding hydrogens is 453 g/mol. The zero-order valence-electron chi connectivity index (χ0n) is 17.0. The van der Waals surface area contributed by atoms with E-state index in [-0.39, 0.29) is 18.0 Å². The van der Waals surface area contributed by atoms with Crippen LogP contribution in [0.1, 0.15) is 26.6 Å². The van der Waals surface area contributed by atoms with Crippen molar-refractivity contribution in [1.29, 1.82) is 0 Å². The van der Waals surface area contributed by atoms with Crippen LogP contribution < -0.4 is 4.74 Å². The fourth-order valence-electron chi connectivity index (χ4n) is 2.95. The summed E-state index contributed by atoms with van der Waals surface area (Å²) in [5.74, 6) is 1.21. The van der Waals surface area contributed by atoms with Gasteiger partial charge in [0.15, 0.2) is 11.6 Å². The molecule has 0 unspecified atom stereocenters. The van der Waals surface area contributed by atoms with Crippen LogP contribution in [0, 0.1) is 5.82 Å². The average Bonchev–Trinajstić information content (AvgIpc) is 3.30. The number of hydrogen-bond donors (Lipinski definition) is 1. The van der Waals surface area contributed by atoms with Crippen molar-refractivity contribution in [3.63, 3.8) is 0 Å². The van der Waals surface area contributed by atoms with Gasteiger partial charge in [-0.3, -0.25) is 0 Å². The van der Waals surface area contributed by atoms with Gasteiger partial charge in [0.05, 0.1) is 35.8 Å². The Bertz CT molecular complexity index is 1190. The normalized spacial score (nSPS) is 11.9. The summed E-state index contributed by atoms with van der Waals surface area (Å²) >= 11 is 3.33. The van der Waals surface area contributed by atoms with Gasteiger partial charge in [0.1, 0.15) is 12.4 Å². The molecule has 3 aromatic heterocycles. The summed E-state index contributed by atoms with van der Waals surface area (Å²) in [5, 5.41) is 5.08. The molecule has 4 aromatic rings. The third-order valence-corrected chi connectivity index (χ3v) is 4.81. The molecule has 0 spiro atoms. The quantitative estimate of drug-likeness (QED) is 0.439. The van der Waals surface area contributed by atoms with Crippen molar-refractivity contribution in [2.75, 3.05) is 7.11 Å². The van der Waals surface area contributed by atoms with Crippen molar-refractivity contribution in [3.05, 3.63) is 52.6 Å². The molecule has 3 heterocycles. The minimum atomic E-state index is -0.330. The number of halogens is 2. The molecular formula is C21H21BrFN5O2. The fourth-order valence-corrected chi connectivity index (χ4v) is 3.38. The predicted octanol–water partition coefficient (Wildman–Crippen LogP) is 5.04. The number of pyridine rings is 1. The first-order chi connectivity index (χ1) is 14.2. The highest BCUT2D eigenvalue weighted by molar-refractivity contribution is 9.10. The molecule has 156 valence electrons. The van der Waals surface area contributed by atoms with E-state index in [4.69, 9.17) is 9.47 Å². The van der Waals surface area contributed by atoms with Crippen LogP contribution in [-0.4, -0.2) is 37.4 Å². The van der Waals surface area contributed by atoms with Gasteiger partial charge in [0.2, 0.25) is 5.88 Å². The molecule has 0 aliphatic heterocycles. The fraction of sp³-hybridized carbons (Fsp3) is 0.286. The Morgan fingerprint density at radius 1 is 1.20 bits per heavy atom. The minimum absolute atomic E-state index is 0.243. The van der Waals surface area contributed by atoms with Crippen molar-refractivity contribution in [3.8, 4) is 23.1 Å². The number of nitrogens with zero attached hydrogens (tertiary/aromatic N) is 4. The molecule has 4 rings (SSSR count). The van der Waals surface area contributed by atoms with E-state index in [0.29, 0.717) is 44.3 Å². The molecule has 0 atom stereocenters. The van der Waals surface area contributed by atoms with E-state index < -0.39 is 0 Å². The molecule has 7 nitrogen and oxygen atoms in total. The van der Waals surface area contributed by atoms with Crippen molar-refractivity contribution in [1.82, 2.24) is 24.7 Å². The summed E-state index contributed by atoms with van der Waals surface area (Å²) in [5.41, 5.74) is 1.66. The number of fused-ring (bicyclic) bond motifs is 1. The lowest BCUT2D eigenvalue weighted by Crippen LogP contribution is -2.19. The second-order valence-electron chi connectivity index (χ2n) is 7.76. The van der Waals surface area contributed by atoms with Crippen LogP contribution in [0.3, 0.4) is 0 Å². The lowest BCUT2D eigenvalue weighted by Gasteiger charge is -2.17. The highest BCUT2D eigenvalue weighted by Crippen LogP contribution is 2.29. The zero-order chi connectivity index (χ0) is 21.5. The van der Waals surface area contributed by atoms with Crippen molar-refractivity contribution < 1.29 is 13.9 Å². The van der Waals surface area contributed by atoms with Crippen LogP contribution in [0.5, 0.6) is 5.88 Å². The monoisotopic (exact) mass is 473 g/mol. The van der Waals surface area contributed by atoms with Crippen LogP contribution in [0.4, 0.5) is 4.39 Å². The Hall–Kier alpha value is -2.78. The Labute approximate surface area is 181 Å². The molecule has 1 N–H and O–H groups in total. The largest absolute Gasteiger partial charge is 0.481 e. The molecule has 0 saturated carbocycles. The number of H-pyrrole nitrogens is 1. The smallest absolute Gasteiger partial charge is 0.213 e. The van der Waals surface area contributed by atoms with Gasteiger partial charge in [-0.25, -0.2) is 19.0 Å². The third kappa shape index (κ3) is 4.22. The van der Waals surface area contributed by atoms with E-state index in [1.807, 2.05) is 32.9 Å². The maximum atomic E-state index is 14.4. The summed E-state index contributed by atoms with van der Waals surface area (Å²) in [6, 6.07) is 8.55. The van der Waals surface area contributed by atoms with Gasteiger partial charge in [0, 0.05) is 15.9 Å². The predicted molar refractivity (Wildman–Crippen MR) is 115 cm³/mol. The van der Waals surface area contributed by atoms with E-state index in [2.05, 4.69) is 36.0 Å². The molecule has 0 amide bonds. The van der Waals surface area contributed by atoms with Crippen LogP contribution in [-0.2, 0) is 11.3 Å². The number of hydrogen-bond acceptors (Lipinski definition) is 5. The van der Waals surface area contributed by atoms with Crippen molar-refractivity contribution in [2.45, 2.75) is 33.0 Å². The second kappa shape index (κ2) is 7.81. The SMILES string of the molecule is COc1ccc(-n2nc(COC(C)(C)C)nc2-c2cc3c(F)cc(Br)cc3[nH]2)cn1. The van der Waals surface area contributed by atoms with Gasteiger partial charge in [-0.1, -0.05) is 15.9 Å². The maximum absolute atomic E-state index is 14.4. The second-order valence-corrected chi connectivity index (χ2v) is 8.67. The molecule has 1 aromatic carbocycles. The van der Waals surface area contributed by atoms with Gasteiger partial charge < -0.3 is 14.5 Å². The highest BCUT2D eigenvalue weighted by atomic mass is 79.9. The van der Waals surface area contributed by atoms with Gasteiger partial charge in [-0.05, 0) is 45.0 Å². The van der Waals surface area contributed by atoms with Gasteiger partial charge >= 0.3 is 0 Å². The van der Waals surface area contributed by atoms with Crippen LogP contribution in [0.25, 0.3) is 28.1 Å². The lowest BCUT2D eigenvalue weighted by atomic mass is 10.2. The Balaban J connectivity index is 1.82. The number of aromatic nitrogens is 5. The molecule has 0 saturated heterocycles. The molecule has 9 heteroatoms. The van der Waals surface area contributed by atoms with E-state index in [9.17, 15) is 4.39 Å². The summed E-state index contributed by atoms with van der Waals surface area (Å²) in [6.07, 6.45) is 1.64. The Morgan fingerprint density at radius 3 is 2.67 bits per heavy atom. The Kier molecular flexibility index (Phi) is 5.33. The van der Waals surface area contributed by atoms with E-state index >= 15 is 0 Å². The lowest BCUT2D eigenvalue weighted by molar-refractivity contribution is -0.0180. The number of nitrogens with one attached hydrogen (secondary N) is 1. The number of methoxy groups -OCH3 is 1. The summed E-state index contributed by atoms with van der Waals surface area (Å²) < 4.78 is 27.7. The number of rotatable bonds is 5. The first kappa shape index (κ1) is 20.5. The van der Waals surface area contributed by atoms with Crippen LogP contribution in [0.15, 0.2) is 41.0 Å². The highest BCUT2D eigenvalue weighted by Gasteiger charge is 2.19. The molecule has 0 aliphatic carbocycles. The standard InChI is InChI=1S/C21H21BrFN5O2/c1-21(2,3)30-11-18-26-20(28(27-18)13-5-6-19(29-4)24-10-13)17-9-14-15(23)7-12(22)8-16(14)25-17/h5-10,25H,11H2,1-4H3. The average molecular weight is 474 g/mol. The molecule has 0 bridgehead atoms. The van der Waals surface area contributed by atoms with Crippen molar-refractivity contribution in [2.24, 2.45) is 0 Å². The topological polar surface area (TPSA) is 77.9 Å². The third-order valence-electron chi connectivity index (χ3n) is 4.35. The van der Waals surface area contributed by atoms with Crippen molar-refractivity contribution >= 4 is 26.8 Å². The maximum Gasteiger partial charge on any atom is 0.213 e. The number of ether oxygens (including phenoxy) is 2. The van der Waals surface area contributed by atoms with E-state index in [0.717, 1.165) is 0 Å². The van der Waals surface area contributed by atoms with Gasteiger partial charge in [-0.2, -0.15) is 0 Å².